The molecule has 0 saturated heterocycles. The Bertz CT molecular complexity index is 1350. The van der Waals surface area contributed by atoms with E-state index in [-0.39, 0.29) is 0 Å². The number of aryl methyl sites for hydroxylation is 1. The van der Waals surface area contributed by atoms with Crippen LogP contribution in [0.2, 0.25) is 5.02 Å². The van der Waals surface area contributed by atoms with Gasteiger partial charge >= 0.3 is 12.1 Å². The second-order valence-corrected chi connectivity index (χ2v) is 7.43. The molecule has 0 spiro atoms. The second kappa shape index (κ2) is 9.84. The van der Waals surface area contributed by atoms with Gasteiger partial charge in [0.15, 0.2) is 0 Å². The van der Waals surface area contributed by atoms with Crippen LogP contribution in [0.1, 0.15) is 15.9 Å². The van der Waals surface area contributed by atoms with E-state index in [2.05, 4.69) is 9.97 Å². The average Bonchev–Trinajstić information content (AvgIpc) is 3.20. The molecular weight excluding hydrogens is 475 g/mol. The largest absolute Gasteiger partial charge is 0.490 e. The van der Waals surface area contributed by atoms with Gasteiger partial charge in [-0.1, -0.05) is 17.7 Å². The summed E-state index contributed by atoms with van der Waals surface area (Å²) in [6.45, 7) is 1.95. The number of aromatic amines is 1. The highest BCUT2D eigenvalue weighted by atomic mass is 35.5. The molecule has 1 aromatic heterocycles. The van der Waals surface area contributed by atoms with Crippen molar-refractivity contribution in [3.8, 4) is 22.9 Å². The molecule has 4 aromatic rings. The monoisotopic (exact) mass is 491 g/mol. The van der Waals surface area contributed by atoms with Gasteiger partial charge in [-0.2, -0.15) is 13.2 Å². The Hall–Kier alpha value is -4.05. The van der Waals surface area contributed by atoms with Gasteiger partial charge in [0, 0.05) is 16.1 Å². The van der Waals surface area contributed by atoms with E-state index in [0.29, 0.717) is 27.9 Å². The first-order chi connectivity index (χ1) is 15.9. The highest BCUT2D eigenvalue weighted by molar-refractivity contribution is 6.31. The van der Waals surface area contributed by atoms with E-state index in [4.69, 9.17) is 32.0 Å². The van der Waals surface area contributed by atoms with Crippen LogP contribution in [0.3, 0.4) is 0 Å². The Morgan fingerprint density at radius 1 is 1.03 bits per heavy atom. The predicted molar refractivity (Wildman–Crippen MR) is 120 cm³/mol. The fourth-order valence-electron chi connectivity index (χ4n) is 2.75. The van der Waals surface area contributed by atoms with E-state index in [1.54, 1.807) is 24.3 Å². The van der Waals surface area contributed by atoms with Crippen LogP contribution in [-0.4, -0.2) is 33.1 Å². The number of halogens is 4. The molecule has 11 heteroatoms. The van der Waals surface area contributed by atoms with E-state index in [9.17, 15) is 18.0 Å². The van der Waals surface area contributed by atoms with Crippen molar-refractivity contribution in [2.45, 2.75) is 13.1 Å². The maximum atomic E-state index is 11.3. The molecule has 0 radical (unpaired) electrons. The number of aromatic nitrogens is 2. The number of hydrogen-bond acceptors (Lipinski definition) is 4. The molecule has 0 aliphatic heterocycles. The number of fused-ring (bicyclic) bond motifs is 1. The lowest BCUT2D eigenvalue weighted by molar-refractivity contribution is -0.192. The molecular formula is C23H17ClF3N3O4. The Morgan fingerprint density at radius 2 is 1.65 bits per heavy atom. The Kier molecular flexibility index (Phi) is 7.11. The lowest BCUT2D eigenvalue weighted by Crippen LogP contribution is -2.21. The highest BCUT2D eigenvalue weighted by Gasteiger charge is 2.38. The maximum Gasteiger partial charge on any atom is 0.490 e. The van der Waals surface area contributed by atoms with Crippen molar-refractivity contribution < 1.29 is 32.6 Å². The van der Waals surface area contributed by atoms with E-state index < -0.39 is 18.1 Å². The summed E-state index contributed by atoms with van der Waals surface area (Å²) in [6, 6.07) is 18.3. The Labute approximate surface area is 195 Å². The number of primary amides is 1. The van der Waals surface area contributed by atoms with Crippen molar-refractivity contribution in [3.63, 3.8) is 0 Å². The van der Waals surface area contributed by atoms with Crippen molar-refractivity contribution in [2.75, 3.05) is 0 Å². The summed E-state index contributed by atoms with van der Waals surface area (Å²) in [5.41, 5.74) is 9.20. The maximum absolute atomic E-state index is 11.3. The normalized spacial score (nSPS) is 11.0. The first kappa shape index (κ1) is 24.6. The van der Waals surface area contributed by atoms with Crippen LogP contribution >= 0.6 is 11.6 Å². The zero-order valence-electron chi connectivity index (χ0n) is 17.5. The SMILES string of the molecule is Cc1ccc(Oc2ccc(-c3nc4ccc(C(N)=O)cc4[nH]3)cc2)cc1Cl.O=C(O)C(F)(F)F. The van der Waals surface area contributed by atoms with Crippen LogP contribution in [-0.2, 0) is 4.79 Å². The standard InChI is InChI=1S/C21H16ClN3O2.C2HF3O2/c1-12-2-6-16(11-17(12)22)27-15-7-3-13(4-8-15)21-24-18-9-5-14(20(23)26)10-19(18)25-21;3-2(4,5)1(6)7/h2-11H,1H3,(H2,23,26)(H,24,25);(H,6,7). The number of H-pyrrole nitrogens is 1. The molecule has 34 heavy (non-hydrogen) atoms. The summed E-state index contributed by atoms with van der Waals surface area (Å²) in [5.74, 6) is -1.14. The summed E-state index contributed by atoms with van der Waals surface area (Å²) in [5, 5.41) is 7.79. The van der Waals surface area contributed by atoms with Gasteiger partial charge in [0.05, 0.1) is 11.0 Å². The minimum Gasteiger partial charge on any atom is -0.475 e. The number of aliphatic carboxylic acids is 1. The van der Waals surface area contributed by atoms with Gasteiger partial charge in [-0.05, 0) is 67.1 Å². The molecule has 176 valence electrons. The number of amides is 1. The Balaban J connectivity index is 0.000000406. The van der Waals surface area contributed by atoms with Gasteiger partial charge in [0.25, 0.3) is 0 Å². The van der Waals surface area contributed by atoms with Gasteiger partial charge in [-0.3, -0.25) is 4.79 Å². The number of carbonyl (C=O) groups is 2. The molecule has 0 fully saturated rings. The zero-order valence-corrected chi connectivity index (χ0v) is 18.2. The molecule has 4 rings (SSSR count). The Morgan fingerprint density at radius 3 is 2.21 bits per heavy atom. The topological polar surface area (TPSA) is 118 Å². The molecule has 0 aliphatic rings. The lowest BCUT2D eigenvalue weighted by Gasteiger charge is -2.07. The molecule has 7 nitrogen and oxygen atoms in total. The van der Waals surface area contributed by atoms with Gasteiger partial charge < -0.3 is 20.6 Å². The van der Waals surface area contributed by atoms with Gasteiger partial charge in [-0.15, -0.1) is 0 Å². The number of carbonyl (C=O) groups excluding carboxylic acids is 1. The molecule has 0 bridgehead atoms. The van der Waals surface area contributed by atoms with Crippen LogP contribution in [0.25, 0.3) is 22.4 Å². The summed E-state index contributed by atoms with van der Waals surface area (Å²) < 4.78 is 37.6. The van der Waals surface area contributed by atoms with Crippen LogP contribution in [0.5, 0.6) is 11.5 Å². The van der Waals surface area contributed by atoms with Crippen LogP contribution < -0.4 is 10.5 Å². The smallest absolute Gasteiger partial charge is 0.475 e. The summed E-state index contributed by atoms with van der Waals surface area (Å²) in [4.78, 5) is 28.0. The summed E-state index contributed by atoms with van der Waals surface area (Å²) >= 11 is 6.13. The molecule has 1 amide bonds. The third-order valence-electron chi connectivity index (χ3n) is 4.52. The molecule has 1 heterocycles. The number of carboxylic acids is 1. The van der Waals surface area contributed by atoms with Gasteiger partial charge in [-0.25, -0.2) is 9.78 Å². The van der Waals surface area contributed by atoms with Gasteiger partial charge in [0.1, 0.15) is 17.3 Å². The number of benzene rings is 3. The van der Waals surface area contributed by atoms with Crippen LogP contribution in [0.15, 0.2) is 60.7 Å². The molecule has 0 unspecified atom stereocenters. The number of nitrogens with one attached hydrogen (secondary N) is 1. The van der Waals surface area contributed by atoms with E-state index in [1.165, 1.54) is 0 Å². The first-order valence-corrected chi connectivity index (χ1v) is 9.96. The van der Waals surface area contributed by atoms with Crippen molar-refractivity contribution in [3.05, 3.63) is 76.8 Å². The second-order valence-electron chi connectivity index (χ2n) is 7.02. The van der Waals surface area contributed by atoms with Crippen molar-refractivity contribution >= 4 is 34.5 Å². The minimum atomic E-state index is -5.08. The molecule has 0 atom stereocenters. The molecule has 0 aliphatic carbocycles. The van der Waals surface area contributed by atoms with Crippen LogP contribution in [0.4, 0.5) is 13.2 Å². The van der Waals surface area contributed by atoms with Crippen molar-refractivity contribution in [1.82, 2.24) is 9.97 Å². The number of nitrogens with two attached hydrogens (primary N) is 1. The van der Waals surface area contributed by atoms with E-state index >= 15 is 0 Å². The van der Waals surface area contributed by atoms with Crippen molar-refractivity contribution in [2.24, 2.45) is 5.73 Å². The van der Waals surface area contributed by atoms with E-state index in [0.717, 1.165) is 22.2 Å². The fourth-order valence-corrected chi connectivity index (χ4v) is 2.92. The quantitative estimate of drug-likeness (QED) is 0.337. The van der Waals surface area contributed by atoms with Crippen molar-refractivity contribution in [1.29, 1.82) is 0 Å². The average molecular weight is 492 g/mol. The third-order valence-corrected chi connectivity index (χ3v) is 4.92. The molecule has 4 N–H and O–H groups in total. The number of carboxylic acid groups (broad SMARTS) is 1. The lowest BCUT2D eigenvalue weighted by atomic mass is 10.2. The number of ether oxygens (including phenoxy) is 1. The third kappa shape index (κ3) is 6.04. The predicted octanol–water partition coefficient (Wildman–Crippen LogP) is 5.72. The van der Waals surface area contributed by atoms with Gasteiger partial charge in [0.2, 0.25) is 5.91 Å². The summed E-state index contributed by atoms with van der Waals surface area (Å²) in [6.07, 6.45) is -5.08. The summed E-state index contributed by atoms with van der Waals surface area (Å²) in [7, 11) is 0. The molecule has 3 aromatic carbocycles. The fraction of sp³-hybridized carbons (Fsp3) is 0.0870. The number of nitrogens with zero attached hydrogens (tertiary/aromatic N) is 1. The number of rotatable bonds is 4. The van der Waals surface area contributed by atoms with Crippen LogP contribution in [0, 0.1) is 6.92 Å². The first-order valence-electron chi connectivity index (χ1n) is 9.58. The number of imidazole rings is 1. The van der Waals surface area contributed by atoms with E-state index in [1.807, 2.05) is 43.3 Å². The highest BCUT2D eigenvalue weighted by Crippen LogP contribution is 2.28. The number of alkyl halides is 3. The minimum absolute atomic E-state index is 0.443. The zero-order chi connectivity index (χ0) is 25.0. The molecule has 0 saturated carbocycles. The number of hydrogen-bond donors (Lipinski definition) is 3.